The van der Waals surface area contributed by atoms with E-state index in [0.717, 1.165) is 11.1 Å². The van der Waals surface area contributed by atoms with Gasteiger partial charge in [0.15, 0.2) is 11.5 Å². The van der Waals surface area contributed by atoms with Crippen molar-refractivity contribution in [2.24, 2.45) is 0 Å². The van der Waals surface area contributed by atoms with E-state index in [4.69, 9.17) is 21.1 Å². The third-order valence-electron chi connectivity index (χ3n) is 3.20. The molecule has 0 aliphatic heterocycles. The summed E-state index contributed by atoms with van der Waals surface area (Å²) in [7, 11) is 4.96. The van der Waals surface area contributed by atoms with Crippen LogP contribution < -0.4 is 14.8 Å². The average Bonchev–Trinajstić information content (AvgIpc) is 2.47. The highest BCUT2D eigenvalue weighted by Gasteiger charge is 2.15. The molecule has 0 aliphatic rings. The fourth-order valence-corrected chi connectivity index (χ4v) is 2.38. The minimum atomic E-state index is -0.368. The van der Waals surface area contributed by atoms with Gasteiger partial charge in [0, 0.05) is 17.1 Å². The molecule has 112 valence electrons. The fourth-order valence-electron chi connectivity index (χ4n) is 2.22. The quantitative estimate of drug-likeness (QED) is 0.909. The Kier molecular flexibility index (Phi) is 5.04. The molecule has 0 aromatic heterocycles. The number of rotatable bonds is 5. The molecule has 2 aromatic rings. The van der Waals surface area contributed by atoms with Crippen LogP contribution in [0.15, 0.2) is 30.3 Å². The second-order valence-corrected chi connectivity index (χ2v) is 4.96. The van der Waals surface area contributed by atoms with Gasteiger partial charge >= 0.3 is 0 Å². The lowest BCUT2D eigenvalue weighted by molar-refractivity contribution is 0.354. The Morgan fingerprint density at radius 3 is 2.29 bits per heavy atom. The molecule has 0 fully saturated rings. The highest BCUT2D eigenvalue weighted by atomic mass is 35.5. The Labute approximate surface area is 128 Å². The van der Waals surface area contributed by atoms with Gasteiger partial charge in [-0.1, -0.05) is 11.6 Å². The second-order valence-electron chi connectivity index (χ2n) is 4.52. The molecule has 0 heterocycles. The molecule has 21 heavy (non-hydrogen) atoms. The number of halogens is 2. The topological polar surface area (TPSA) is 30.5 Å². The number of benzene rings is 2. The van der Waals surface area contributed by atoms with Crippen molar-refractivity contribution >= 4 is 11.6 Å². The summed E-state index contributed by atoms with van der Waals surface area (Å²) in [6, 6.07) is 8.26. The second kappa shape index (κ2) is 6.78. The van der Waals surface area contributed by atoms with Crippen LogP contribution in [0.5, 0.6) is 11.5 Å². The maximum Gasteiger partial charge on any atom is 0.161 e. The lowest BCUT2D eigenvalue weighted by Gasteiger charge is -2.15. The SMILES string of the molecule is CNCc1cc(OC)c(OC)cc1-c1ccc(Cl)cc1F. The molecule has 0 radical (unpaired) electrons. The molecule has 5 heteroatoms. The van der Waals surface area contributed by atoms with Crippen molar-refractivity contribution in [2.45, 2.75) is 6.54 Å². The molecule has 0 bridgehead atoms. The first-order valence-corrected chi connectivity index (χ1v) is 6.83. The normalized spacial score (nSPS) is 10.5. The zero-order valence-corrected chi connectivity index (χ0v) is 12.9. The van der Waals surface area contributed by atoms with Crippen LogP contribution in [-0.2, 0) is 6.54 Å². The maximum atomic E-state index is 14.2. The van der Waals surface area contributed by atoms with Crippen LogP contribution in [-0.4, -0.2) is 21.3 Å². The number of nitrogens with one attached hydrogen (secondary N) is 1. The molecule has 2 aromatic carbocycles. The van der Waals surface area contributed by atoms with Gasteiger partial charge in [0.2, 0.25) is 0 Å². The number of hydrogen-bond donors (Lipinski definition) is 1. The van der Waals surface area contributed by atoms with Crippen LogP contribution in [0.3, 0.4) is 0 Å². The van der Waals surface area contributed by atoms with Crippen molar-refractivity contribution in [3.05, 3.63) is 46.7 Å². The van der Waals surface area contributed by atoms with Gasteiger partial charge in [0.25, 0.3) is 0 Å². The molecule has 0 saturated carbocycles. The van der Waals surface area contributed by atoms with E-state index in [9.17, 15) is 4.39 Å². The largest absolute Gasteiger partial charge is 0.493 e. The summed E-state index contributed by atoms with van der Waals surface area (Å²) < 4.78 is 24.8. The van der Waals surface area contributed by atoms with Crippen molar-refractivity contribution in [3.63, 3.8) is 0 Å². The molecule has 3 nitrogen and oxygen atoms in total. The summed E-state index contributed by atoms with van der Waals surface area (Å²) in [5.41, 5.74) is 2.14. The molecular weight excluding hydrogens is 293 g/mol. The predicted octanol–water partition coefficient (Wildman–Crippen LogP) is 3.88. The highest BCUT2D eigenvalue weighted by Crippen LogP contribution is 2.37. The minimum Gasteiger partial charge on any atom is -0.493 e. The van der Waals surface area contributed by atoms with Crippen LogP contribution in [0.1, 0.15) is 5.56 Å². The fraction of sp³-hybridized carbons (Fsp3) is 0.250. The average molecular weight is 310 g/mol. The number of hydrogen-bond acceptors (Lipinski definition) is 3. The molecule has 0 unspecified atom stereocenters. The zero-order valence-electron chi connectivity index (χ0n) is 12.2. The van der Waals surface area contributed by atoms with Gasteiger partial charge in [0.1, 0.15) is 5.82 Å². The smallest absolute Gasteiger partial charge is 0.161 e. The molecule has 2 rings (SSSR count). The molecule has 1 N–H and O–H groups in total. The number of ether oxygens (including phenoxy) is 2. The Hall–Kier alpha value is -1.78. The van der Waals surface area contributed by atoms with E-state index < -0.39 is 0 Å². The summed E-state index contributed by atoms with van der Waals surface area (Å²) in [6.07, 6.45) is 0. The standard InChI is InChI=1S/C16H17ClFNO2/c1-19-9-10-6-15(20-2)16(21-3)8-13(10)12-5-4-11(17)7-14(12)18/h4-8,19H,9H2,1-3H3. The first-order valence-electron chi connectivity index (χ1n) is 6.45. The molecule has 0 amide bonds. The number of methoxy groups -OCH3 is 2. The molecule has 0 atom stereocenters. The van der Waals surface area contributed by atoms with E-state index in [-0.39, 0.29) is 5.82 Å². The van der Waals surface area contributed by atoms with Gasteiger partial charge < -0.3 is 14.8 Å². The molecule has 0 saturated heterocycles. The van der Waals surface area contributed by atoms with Crippen molar-refractivity contribution in [1.29, 1.82) is 0 Å². The molecule has 0 spiro atoms. The van der Waals surface area contributed by atoms with E-state index in [1.165, 1.54) is 6.07 Å². The third kappa shape index (κ3) is 3.28. The van der Waals surface area contributed by atoms with Crippen molar-refractivity contribution in [1.82, 2.24) is 5.32 Å². The van der Waals surface area contributed by atoms with Crippen molar-refractivity contribution in [2.75, 3.05) is 21.3 Å². The van der Waals surface area contributed by atoms with Crippen LogP contribution in [0.25, 0.3) is 11.1 Å². The van der Waals surface area contributed by atoms with Crippen LogP contribution in [0.2, 0.25) is 5.02 Å². The minimum absolute atomic E-state index is 0.367. The van der Waals surface area contributed by atoms with Gasteiger partial charge in [-0.3, -0.25) is 0 Å². The van der Waals surface area contributed by atoms with Gasteiger partial charge in [-0.05, 0) is 48.5 Å². The predicted molar refractivity (Wildman–Crippen MR) is 82.7 cm³/mol. The van der Waals surface area contributed by atoms with E-state index in [2.05, 4.69) is 5.32 Å². The zero-order chi connectivity index (χ0) is 15.4. The third-order valence-corrected chi connectivity index (χ3v) is 3.43. The van der Waals surface area contributed by atoms with Gasteiger partial charge in [-0.2, -0.15) is 0 Å². The molecule has 0 aliphatic carbocycles. The summed E-state index contributed by atoms with van der Waals surface area (Å²) >= 11 is 5.81. The Balaban J connectivity index is 2.64. The summed E-state index contributed by atoms with van der Waals surface area (Å²) in [5, 5.41) is 3.44. The first kappa shape index (κ1) is 15.6. The maximum absolute atomic E-state index is 14.2. The Bertz CT molecular complexity index is 646. The lowest BCUT2D eigenvalue weighted by Crippen LogP contribution is -2.07. The lowest BCUT2D eigenvalue weighted by atomic mass is 9.98. The van der Waals surface area contributed by atoms with Crippen molar-refractivity contribution < 1.29 is 13.9 Å². The van der Waals surface area contributed by atoms with Gasteiger partial charge in [-0.25, -0.2) is 4.39 Å². The molecular formula is C16H17ClFNO2. The van der Waals surface area contributed by atoms with Crippen LogP contribution in [0, 0.1) is 5.82 Å². The summed E-state index contributed by atoms with van der Waals surface area (Å²) in [6.45, 7) is 0.581. The first-order chi connectivity index (χ1) is 10.1. The van der Waals surface area contributed by atoms with Crippen LogP contribution >= 0.6 is 11.6 Å². The summed E-state index contributed by atoms with van der Waals surface area (Å²) in [4.78, 5) is 0. The highest BCUT2D eigenvalue weighted by molar-refractivity contribution is 6.30. The Morgan fingerprint density at radius 1 is 1.05 bits per heavy atom. The van der Waals surface area contributed by atoms with Gasteiger partial charge in [-0.15, -0.1) is 0 Å². The monoisotopic (exact) mass is 309 g/mol. The van der Waals surface area contributed by atoms with Crippen LogP contribution in [0.4, 0.5) is 4.39 Å². The van der Waals surface area contributed by atoms with Gasteiger partial charge in [0.05, 0.1) is 14.2 Å². The summed E-state index contributed by atoms with van der Waals surface area (Å²) in [5.74, 6) is 0.801. The Morgan fingerprint density at radius 2 is 1.71 bits per heavy atom. The van der Waals surface area contributed by atoms with E-state index >= 15 is 0 Å². The van der Waals surface area contributed by atoms with E-state index in [0.29, 0.717) is 28.6 Å². The van der Waals surface area contributed by atoms with Crippen molar-refractivity contribution in [3.8, 4) is 22.6 Å². The van der Waals surface area contributed by atoms with E-state index in [1.807, 2.05) is 13.1 Å². The van der Waals surface area contributed by atoms with E-state index in [1.54, 1.807) is 32.4 Å².